The number of likely N-dealkylation sites (tertiary alicyclic amines) is 1. The van der Waals surface area contributed by atoms with Crippen LogP contribution in [0.25, 0.3) is 0 Å². The fraction of sp³-hybridized carbons (Fsp3) is 0.308. The molecule has 0 bridgehead atoms. The lowest BCUT2D eigenvalue weighted by molar-refractivity contribution is 0.259. The van der Waals surface area contributed by atoms with Crippen LogP contribution in [0.15, 0.2) is 60.9 Å². The van der Waals surface area contributed by atoms with E-state index < -0.39 is 6.03 Å². The van der Waals surface area contributed by atoms with E-state index in [0.717, 1.165) is 17.3 Å². The molecule has 2 amide bonds. The van der Waals surface area contributed by atoms with Gasteiger partial charge in [-0.15, -0.1) is 0 Å². The predicted octanol–water partition coefficient (Wildman–Crippen LogP) is 4.59. The maximum atomic E-state index is 10.8. The van der Waals surface area contributed by atoms with Crippen molar-refractivity contribution in [2.45, 2.75) is 26.2 Å². The van der Waals surface area contributed by atoms with Crippen LogP contribution < -0.4 is 16.4 Å². The first kappa shape index (κ1) is 24.9. The summed E-state index contributed by atoms with van der Waals surface area (Å²) >= 11 is 0. The molecule has 1 fully saturated rings. The second-order valence-electron chi connectivity index (χ2n) is 8.54. The summed E-state index contributed by atoms with van der Waals surface area (Å²) < 4.78 is 0. The van der Waals surface area contributed by atoms with Gasteiger partial charge in [0.15, 0.2) is 0 Å². The van der Waals surface area contributed by atoms with Gasteiger partial charge >= 0.3 is 6.03 Å². The molecule has 178 valence electrons. The van der Waals surface area contributed by atoms with Crippen LogP contribution in [0.5, 0.6) is 0 Å². The summed E-state index contributed by atoms with van der Waals surface area (Å²) in [6, 6.07) is 15.4. The van der Waals surface area contributed by atoms with Crippen LogP contribution in [0, 0.1) is 18.3 Å². The lowest BCUT2D eigenvalue weighted by Gasteiger charge is -2.10. The highest BCUT2D eigenvalue weighted by molar-refractivity contribution is 5.91. The number of anilines is 3. The van der Waals surface area contributed by atoms with E-state index in [9.17, 15) is 4.79 Å². The van der Waals surface area contributed by atoms with Crippen molar-refractivity contribution in [3.8, 4) is 0 Å². The molecule has 34 heavy (non-hydrogen) atoms. The molecule has 2 aromatic heterocycles. The lowest BCUT2D eigenvalue weighted by Crippen LogP contribution is -2.20. The van der Waals surface area contributed by atoms with Gasteiger partial charge in [-0.05, 0) is 69.5 Å². The van der Waals surface area contributed by atoms with Crippen molar-refractivity contribution < 1.29 is 4.79 Å². The molecule has 8 heteroatoms. The van der Waals surface area contributed by atoms with E-state index in [0.29, 0.717) is 17.1 Å². The Morgan fingerprint density at radius 1 is 1.24 bits per heavy atom. The second-order valence-corrected chi connectivity index (χ2v) is 8.54. The van der Waals surface area contributed by atoms with Gasteiger partial charge in [0.25, 0.3) is 0 Å². The van der Waals surface area contributed by atoms with E-state index in [-0.39, 0.29) is 0 Å². The van der Waals surface area contributed by atoms with Crippen molar-refractivity contribution in [2.24, 2.45) is 11.7 Å². The standard InChI is InChI=1S/C13H14N6O.C13H19N/c1-8-4-10(2-3-16-8)18-11-7-17-12(19-13(15)20)5-9(11)6-14;1-14-10-9-13(11-14)8-7-12-5-3-2-4-6-12/h2-7,14H,1H3,(H,16,18)(H3,15,17,19,20);2-6,13H,7-11H2,1H3/t;13-/m.1/s1. The quantitative estimate of drug-likeness (QED) is 0.385. The molecular formula is C26H33N7O. The van der Waals surface area contributed by atoms with Crippen LogP contribution in [-0.4, -0.2) is 47.3 Å². The Bertz CT molecular complexity index is 1090. The summed E-state index contributed by atoms with van der Waals surface area (Å²) in [4.78, 5) is 21.4. The number of urea groups is 1. The van der Waals surface area contributed by atoms with Crippen molar-refractivity contribution in [3.63, 3.8) is 0 Å². The van der Waals surface area contributed by atoms with Crippen molar-refractivity contribution in [3.05, 3.63) is 77.7 Å². The number of hydrogen-bond acceptors (Lipinski definition) is 6. The normalized spacial score (nSPS) is 15.2. The molecule has 0 radical (unpaired) electrons. The zero-order valence-electron chi connectivity index (χ0n) is 19.8. The topological polar surface area (TPSA) is 120 Å². The Hall–Kier alpha value is -3.78. The minimum absolute atomic E-state index is 0.299. The molecule has 0 aliphatic carbocycles. The van der Waals surface area contributed by atoms with Gasteiger partial charge in [-0.3, -0.25) is 10.3 Å². The number of amides is 2. The molecule has 1 aromatic carbocycles. The minimum atomic E-state index is -0.695. The van der Waals surface area contributed by atoms with Crippen molar-refractivity contribution in [2.75, 3.05) is 30.8 Å². The Labute approximate surface area is 201 Å². The average molecular weight is 460 g/mol. The van der Waals surface area contributed by atoms with Gasteiger partial charge < -0.3 is 21.4 Å². The van der Waals surface area contributed by atoms with E-state index >= 15 is 0 Å². The SMILES string of the molecule is CN1CC[C@@H](CCc2ccccc2)C1.Cc1cc(Nc2cnc(NC(N)=O)cc2C=N)ccn1. The molecule has 0 unspecified atom stereocenters. The van der Waals surface area contributed by atoms with E-state index in [1.54, 1.807) is 12.3 Å². The van der Waals surface area contributed by atoms with Gasteiger partial charge in [-0.2, -0.15) is 0 Å². The second kappa shape index (κ2) is 12.5. The number of pyridine rings is 2. The summed E-state index contributed by atoms with van der Waals surface area (Å²) in [7, 11) is 2.22. The highest BCUT2D eigenvalue weighted by atomic mass is 16.2. The number of benzene rings is 1. The zero-order valence-corrected chi connectivity index (χ0v) is 19.8. The van der Waals surface area contributed by atoms with Crippen molar-refractivity contribution in [1.82, 2.24) is 14.9 Å². The third-order valence-electron chi connectivity index (χ3n) is 5.69. The van der Waals surface area contributed by atoms with Crippen LogP contribution in [0.3, 0.4) is 0 Å². The van der Waals surface area contributed by atoms with Gasteiger partial charge in [0.05, 0.1) is 11.9 Å². The molecule has 3 heterocycles. The number of nitrogens with one attached hydrogen (secondary N) is 3. The third kappa shape index (κ3) is 7.97. The molecule has 5 N–H and O–H groups in total. The number of nitrogens with zero attached hydrogens (tertiary/aromatic N) is 3. The smallest absolute Gasteiger partial charge is 0.317 e. The van der Waals surface area contributed by atoms with Crippen LogP contribution in [0.4, 0.5) is 22.0 Å². The molecule has 1 saturated heterocycles. The number of aromatic nitrogens is 2. The first-order chi connectivity index (χ1) is 16.4. The first-order valence-electron chi connectivity index (χ1n) is 11.4. The maximum Gasteiger partial charge on any atom is 0.317 e. The summed E-state index contributed by atoms with van der Waals surface area (Å²) in [5, 5.41) is 12.9. The molecule has 4 rings (SSSR count). The fourth-order valence-corrected chi connectivity index (χ4v) is 3.95. The van der Waals surface area contributed by atoms with E-state index in [1.165, 1.54) is 50.3 Å². The maximum absolute atomic E-state index is 10.8. The molecule has 1 atom stereocenters. The predicted molar refractivity (Wildman–Crippen MR) is 138 cm³/mol. The Kier molecular flexibility index (Phi) is 9.11. The van der Waals surface area contributed by atoms with Crippen LogP contribution in [0.2, 0.25) is 0 Å². The van der Waals surface area contributed by atoms with Crippen molar-refractivity contribution >= 4 is 29.4 Å². The number of nitrogens with two attached hydrogens (primary N) is 1. The number of carbonyl (C=O) groups is 1. The van der Waals surface area contributed by atoms with Crippen LogP contribution >= 0.6 is 0 Å². The van der Waals surface area contributed by atoms with Crippen molar-refractivity contribution in [1.29, 1.82) is 5.41 Å². The van der Waals surface area contributed by atoms with E-state index in [1.807, 2.05) is 19.1 Å². The monoisotopic (exact) mass is 459 g/mol. The zero-order chi connectivity index (χ0) is 24.3. The van der Waals surface area contributed by atoms with Gasteiger partial charge in [0, 0.05) is 35.9 Å². The summed E-state index contributed by atoms with van der Waals surface area (Å²) in [5.41, 5.74) is 9.47. The summed E-state index contributed by atoms with van der Waals surface area (Å²) in [5.74, 6) is 1.23. The van der Waals surface area contributed by atoms with E-state index in [2.05, 4.69) is 62.9 Å². The lowest BCUT2D eigenvalue weighted by atomic mass is 9.99. The number of carbonyl (C=O) groups excluding carboxylic acids is 1. The molecule has 1 aliphatic rings. The third-order valence-corrected chi connectivity index (χ3v) is 5.69. The minimum Gasteiger partial charge on any atom is -0.354 e. The number of primary amides is 1. The van der Waals surface area contributed by atoms with E-state index in [4.69, 9.17) is 11.1 Å². The molecule has 0 spiro atoms. The van der Waals surface area contributed by atoms with Gasteiger partial charge in [0.1, 0.15) is 5.82 Å². The first-order valence-corrected chi connectivity index (χ1v) is 11.4. The van der Waals surface area contributed by atoms with Gasteiger partial charge in [0.2, 0.25) is 0 Å². The molecule has 8 nitrogen and oxygen atoms in total. The molecular weight excluding hydrogens is 426 g/mol. The molecule has 3 aromatic rings. The van der Waals surface area contributed by atoms with Gasteiger partial charge in [-0.25, -0.2) is 9.78 Å². The van der Waals surface area contributed by atoms with Crippen LogP contribution in [0.1, 0.15) is 29.7 Å². The number of hydrogen-bond donors (Lipinski definition) is 4. The summed E-state index contributed by atoms with van der Waals surface area (Å²) in [6.45, 7) is 4.48. The van der Waals surface area contributed by atoms with Gasteiger partial charge in [-0.1, -0.05) is 30.3 Å². The van der Waals surface area contributed by atoms with Crippen LogP contribution in [-0.2, 0) is 6.42 Å². The average Bonchev–Trinajstić information content (AvgIpc) is 3.24. The Morgan fingerprint density at radius 2 is 2.03 bits per heavy atom. The summed E-state index contributed by atoms with van der Waals surface area (Å²) in [6.07, 6.45) is 8.39. The molecule has 0 saturated carbocycles. The number of aryl methyl sites for hydroxylation is 2. The Morgan fingerprint density at radius 3 is 2.68 bits per heavy atom. The Balaban J connectivity index is 0.000000202. The highest BCUT2D eigenvalue weighted by Crippen LogP contribution is 2.22. The fourth-order valence-electron chi connectivity index (χ4n) is 3.95. The molecule has 1 aliphatic heterocycles. The largest absolute Gasteiger partial charge is 0.354 e. The number of rotatable bonds is 7. The highest BCUT2D eigenvalue weighted by Gasteiger charge is 2.18.